The molecule has 0 heterocycles. The van der Waals surface area contributed by atoms with Gasteiger partial charge in [0.15, 0.2) is 0 Å². The highest BCUT2D eigenvalue weighted by atomic mass is 16.5. The van der Waals surface area contributed by atoms with E-state index in [0.717, 1.165) is 31.0 Å². The normalized spacial score (nSPS) is 43.7. The van der Waals surface area contributed by atoms with E-state index in [1.807, 2.05) is 0 Å². The van der Waals surface area contributed by atoms with Crippen molar-refractivity contribution in [3.05, 3.63) is 0 Å². The van der Waals surface area contributed by atoms with Crippen LogP contribution in [0.1, 0.15) is 52.4 Å². The molecular weight excluding hydrogens is 222 g/mol. The van der Waals surface area contributed by atoms with Crippen molar-refractivity contribution >= 4 is 0 Å². The zero-order valence-electron chi connectivity index (χ0n) is 12.0. The lowest BCUT2D eigenvalue weighted by Gasteiger charge is -2.58. The Morgan fingerprint density at radius 2 is 1.50 bits per heavy atom. The molecule has 0 aromatic carbocycles. The topological polar surface area (TPSA) is 35.2 Å². The van der Waals surface area contributed by atoms with Crippen LogP contribution in [0.15, 0.2) is 0 Å². The molecule has 2 N–H and O–H groups in total. The van der Waals surface area contributed by atoms with Crippen molar-refractivity contribution in [2.24, 2.45) is 34.8 Å². The largest absolute Gasteiger partial charge is 0.380 e. The minimum absolute atomic E-state index is 0.282. The van der Waals surface area contributed by atoms with Crippen molar-refractivity contribution in [1.82, 2.24) is 0 Å². The second-order valence-electron chi connectivity index (χ2n) is 7.82. The van der Waals surface area contributed by atoms with Crippen molar-refractivity contribution in [3.8, 4) is 0 Å². The molecule has 0 aromatic heterocycles. The van der Waals surface area contributed by atoms with Gasteiger partial charge in [-0.3, -0.25) is 0 Å². The smallest absolute Gasteiger partial charge is 0.0623 e. The van der Waals surface area contributed by atoms with E-state index in [9.17, 15) is 0 Å². The molecule has 4 rings (SSSR count). The molecule has 18 heavy (non-hydrogen) atoms. The first-order valence-electron chi connectivity index (χ1n) is 7.91. The van der Waals surface area contributed by atoms with Crippen LogP contribution in [0.25, 0.3) is 0 Å². The lowest BCUT2D eigenvalue weighted by molar-refractivity contribution is -0.0817. The molecule has 1 unspecified atom stereocenters. The predicted octanol–water partition coefficient (Wildman–Crippen LogP) is 3.20. The molecule has 0 radical (unpaired) electrons. The van der Waals surface area contributed by atoms with Gasteiger partial charge in [-0.2, -0.15) is 0 Å². The Kier molecular flexibility index (Phi) is 3.44. The van der Waals surface area contributed by atoms with Crippen LogP contribution in [0.5, 0.6) is 0 Å². The highest BCUT2D eigenvalue weighted by Gasteiger charge is 2.53. The number of rotatable bonds is 5. The Morgan fingerprint density at radius 1 is 1.00 bits per heavy atom. The minimum atomic E-state index is 0.282. The first-order valence-corrected chi connectivity index (χ1v) is 7.91. The minimum Gasteiger partial charge on any atom is -0.380 e. The summed E-state index contributed by atoms with van der Waals surface area (Å²) < 4.78 is 5.82. The van der Waals surface area contributed by atoms with E-state index in [2.05, 4.69) is 13.8 Å². The summed E-state index contributed by atoms with van der Waals surface area (Å²) in [7, 11) is 0. The van der Waals surface area contributed by atoms with Crippen molar-refractivity contribution in [2.45, 2.75) is 58.4 Å². The molecule has 104 valence electrons. The molecule has 0 aliphatic heterocycles. The standard InChI is InChI=1S/C16H29NO/c1-11(2)9-18-10-15(17)16-6-12-3-13(7-16)5-14(4-12)8-16/h11-15H,3-10,17H2,1-2H3. The summed E-state index contributed by atoms with van der Waals surface area (Å²) in [5.41, 5.74) is 6.98. The number of ether oxygens (including phenoxy) is 1. The fraction of sp³-hybridized carbons (Fsp3) is 1.00. The molecule has 4 aliphatic carbocycles. The van der Waals surface area contributed by atoms with Crippen LogP contribution in [-0.2, 0) is 4.74 Å². The summed E-state index contributed by atoms with van der Waals surface area (Å²) in [6.45, 7) is 6.05. The van der Waals surface area contributed by atoms with Crippen molar-refractivity contribution < 1.29 is 4.74 Å². The zero-order chi connectivity index (χ0) is 12.8. The molecule has 2 heteroatoms. The fourth-order valence-electron chi connectivity index (χ4n) is 5.24. The zero-order valence-corrected chi connectivity index (χ0v) is 12.0. The van der Waals surface area contributed by atoms with Crippen LogP contribution in [0.2, 0.25) is 0 Å². The van der Waals surface area contributed by atoms with Crippen molar-refractivity contribution in [3.63, 3.8) is 0 Å². The Balaban J connectivity index is 1.60. The SMILES string of the molecule is CC(C)COCC(N)C12CC3CC(CC(C3)C1)C2. The van der Waals surface area contributed by atoms with E-state index in [4.69, 9.17) is 10.5 Å². The van der Waals surface area contributed by atoms with Gasteiger partial charge in [0, 0.05) is 12.6 Å². The Morgan fingerprint density at radius 3 is 1.94 bits per heavy atom. The number of hydrogen-bond acceptors (Lipinski definition) is 2. The molecule has 4 bridgehead atoms. The summed E-state index contributed by atoms with van der Waals surface area (Å²) in [5.74, 6) is 3.60. The third kappa shape index (κ3) is 2.34. The molecule has 4 fully saturated rings. The fourth-order valence-corrected chi connectivity index (χ4v) is 5.24. The molecule has 0 saturated heterocycles. The summed E-state index contributed by atoms with van der Waals surface area (Å²) in [6, 6.07) is 0.282. The van der Waals surface area contributed by atoms with Crippen molar-refractivity contribution in [1.29, 1.82) is 0 Å². The average Bonchev–Trinajstić information content (AvgIpc) is 2.26. The van der Waals surface area contributed by atoms with Gasteiger partial charge in [0.1, 0.15) is 0 Å². The first-order chi connectivity index (χ1) is 8.57. The summed E-state index contributed by atoms with van der Waals surface area (Å²) in [6.07, 6.45) is 8.68. The van der Waals surface area contributed by atoms with E-state index in [1.54, 1.807) is 0 Å². The van der Waals surface area contributed by atoms with E-state index in [-0.39, 0.29) is 6.04 Å². The van der Waals surface area contributed by atoms with Crippen LogP contribution in [0, 0.1) is 29.1 Å². The van der Waals surface area contributed by atoms with Gasteiger partial charge < -0.3 is 10.5 Å². The van der Waals surface area contributed by atoms with Gasteiger partial charge in [-0.15, -0.1) is 0 Å². The van der Waals surface area contributed by atoms with Crippen LogP contribution >= 0.6 is 0 Å². The van der Waals surface area contributed by atoms with Crippen molar-refractivity contribution in [2.75, 3.05) is 13.2 Å². The molecule has 0 aromatic rings. The van der Waals surface area contributed by atoms with Crippen LogP contribution in [-0.4, -0.2) is 19.3 Å². The van der Waals surface area contributed by atoms with E-state index in [1.165, 1.54) is 38.5 Å². The maximum Gasteiger partial charge on any atom is 0.0623 e. The number of nitrogens with two attached hydrogens (primary N) is 1. The highest BCUT2D eigenvalue weighted by Crippen LogP contribution is 2.60. The van der Waals surface area contributed by atoms with E-state index in [0.29, 0.717) is 11.3 Å². The van der Waals surface area contributed by atoms with Gasteiger partial charge in [-0.1, -0.05) is 13.8 Å². The van der Waals surface area contributed by atoms with Crippen LogP contribution in [0.3, 0.4) is 0 Å². The molecule has 0 spiro atoms. The van der Waals surface area contributed by atoms with Gasteiger partial charge in [-0.05, 0) is 67.6 Å². The van der Waals surface area contributed by atoms with Gasteiger partial charge in [-0.25, -0.2) is 0 Å². The molecule has 4 saturated carbocycles. The van der Waals surface area contributed by atoms with E-state index < -0.39 is 0 Å². The predicted molar refractivity (Wildman–Crippen MR) is 74.2 cm³/mol. The second-order valence-corrected chi connectivity index (χ2v) is 7.82. The van der Waals surface area contributed by atoms with Gasteiger partial charge in [0.2, 0.25) is 0 Å². The van der Waals surface area contributed by atoms with E-state index >= 15 is 0 Å². The molecular formula is C16H29NO. The molecule has 4 aliphatic rings. The summed E-state index contributed by atoms with van der Waals surface area (Å²) in [4.78, 5) is 0. The van der Waals surface area contributed by atoms with Crippen LogP contribution in [0.4, 0.5) is 0 Å². The average molecular weight is 251 g/mol. The summed E-state index contributed by atoms with van der Waals surface area (Å²) in [5, 5.41) is 0. The second kappa shape index (κ2) is 4.79. The summed E-state index contributed by atoms with van der Waals surface area (Å²) >= 11 is 0. The molecule has 2 nitrogen and oxygen atoms in total. The quantitative estimate of drug-likeness (QED) is 0.814. The molecule has 1 atom stereocenters. The maximum atomic E-state index is 6.53. The maximum absolute atomic E-state index is 6.53. The highest BCUT2D eigenvalue weighted by molar-refractivity contribution is 5.05. The Labute approximate surface area is 112 Å². The molecule has 0 amide bonds. The van der Waals surface area contributed by atoms with Gasteiger partial charge >= 0.3 is 0 Å². The first kappa shape index (κ1) is 12.9. The Hall–Kier alpha value is -0.0800. The Bertz CT molecular complexity index is 264. The van der Waals surface area contributed by atoms with Crippen LogP contribution < -0.4 is 5.73 Å². The lowest BCUT2D eigenvalue weighted by Crippen LogP contribution is -2.56. The van der Waals surface area contributed by atoms with Gasteiger partial charge in [0.25, 0.3) is 0 Å². The van der Waals surface area contributed by atoms with Gasteiger partial charge in [0.05, 0.1) is 6.61 Å². The third-order valence-corrected chi connectivity index (χ3v) is 5.62. The third-order valence-electron chi connectivity index (χ3n) is 5.62. The number of hydrogen-bond donors (Lipinski definition) is 1. The monoisotopic (exact) mass is 251 g/mol. The lowest BCUT2D eigenvalue weighted by atomic mass is 9.48.